The minimum Gasteiger partial charge on any atom is -0.507 e. The molecule has 2 N–H and O–H groups in total. The summed E-state index contributed by atoms with van der Waals surface area (Å²) < 4.78 is 5.68. The van der Waals surface area contributed by atoms with Gasteiger partial charge in [-0.15, -0.1) is 0 Å². The maximum atomic E-state index is 9.66. The topological polar surface area (TPSA) is 53.9 Å². The number of nitrogens with zero attached hydrogens (tertiary/aromatic N) is 1. The summed E-state index contributed by atoms with van der Waals surface area (Å²) in [5, 5.41) is 12.9. The maximum Gasteiger partial charge on any atom is 0.220 e. The molecule has 0 spiro atoms. The van der Waals surface area contributed by atoms with Gasteiger partial charge < -0.3 is 15.2 Å². The first-order valence-electron chi connectivity index (χ1n) is 5.08. The molecule has 0 saturated carbocycles. The van der Waals surface area contributed by atoms with Crippen LogP contribution in [0.5, 0.6) is 5.75 Å². The Balaban J connectivity index is 1.93. The van der Waals surface area contributed by atoms with Crippen LogP contribution in [0.1, 0.15) is 5.56 Å². The predicted octanol–water partition coefficient (Wildman–Crippen LogP) is 0.509. The Labute approximate surface area is 87.6 Å². The van der Waals surface area contributed by atoms with E-state index >= 15 is 0 Å². The van der Waals surface area contributed by atoms with Crippen molar-refractivity contribution in [2.24, 2.45) is 4.99 Å². The van der Waals surface area contributed by atoms with Crippen LogP contribution in [-0.4, -0.2) is 36.2 Å². The van der Waals surface area contributed by atoms with Crippen LogP contribution in [0.3, 0.4) is 0 Å². The molecule has 15 heavy (non-hydrogen) atoms. The first-order chi connectivity index (χ1) is 7.34. The van der Waals surface area contributed by atoms with Gasteiger partial charge in [0.25, 0.3) is 0 Å². The summed E-state index contributed by atoms with van der Waals surface area (Å²) in [4.78, 5) is 4.45. The minimum atomic E-state index is 0.139. The lowest BCUT2D eigenvalue weighted by molar-refractivity contribution is 0.225. The summed E-state index contributed by atoms with van der Waals surface area (Å²) in [5.41, 5.74) is 0.687. The number of hydrogen-bond acceptors (Lipinski definition) is 4. The zero-order chi connectivity index (χ0) is 10.3. The smallest absolute Gasteiger partial charge is 0.220 e. The molecule has 0 amide bonds. The van der Waals surface area contributed by atoms with Crippen molar-refractivity contribution in [1.82, 2.24) is 5.32 Å². The lowest BCUT2D eigenvalue weighted by Gasteiger charge is -2.08. The number of fused-ring (bicyclic) bond motifs is 1. The van der Waals surface area contributed by atoms with Crippen LogP contribution >= 0.6 is 0 Å². The van der Waals surface area contributed by atoms with Crippen LogP contribution in [-0.2, 0) is 4.74 Å². The summed E-state index contributed by atoms with van der Waals surface area (Å²) in [6.07, 6.45) is 0.139. The second kappa shape index (κ2) is 3.24. The van der Waals surface area contributed by atoms with Gasteiger partial charge in [-0.1, -0.05) is 12.1 Å². The molecule has 1 fully saturated rings. The van der Waals surface area contributed by atoms with Gasteiger partial charge in [0.2, 0.25) is 5.90 Å². The highest BCUT2D eigenvalue weighted by Gasteiger charge is 2.35. The molecule has 2 heterocycles. The molecule has 0 radical (unpaired) electrons. The molecule has 1 aromatic carbocycles. The average Bonchev–Trinajstić information content (AvgIpc) is 2.77. The Bertz CT molecular complexity index is 417. The van der Waals surface area contributed by atoms with Crippen LogP contribution in [0, 0.1) is 0 Å². The third-order valence-corrected chi connectivity index (χ3v) is 2.81. The number of para-hydroxylation sites is 1. The minimum absolute atomic E-state index is 0.139. The van der Waals surface area contributed by atoms with E-state index in [0.29, 0.717) is 11.5 Å². The number of hydrogen-bond donors (Lipinski definition) is 2. The Kier molecular flexibility index (Phi) is 1.89. The highest BCUT2D eigenvalue weighted by molar-refractivity contribution is 5.97. The van der Waals surface area contributed by atoms with Crippen molar-refractivity contribution in [2.75, 3.05) is 13.1 Å². The van der Waals surface area contributed by atoms with Crippen LogP contribution in [0.15, 0.2) is 29.3 Å². The standard InChI is InChI=1S/C11H12N2O2/c14-9-4-2-1-3-7(9)11-13-8-5-12-6-10(8)15-11/h1-4,8,10,12,14H,5-6H2. The number of rotatable bonds is 1. The van der Waals surface area contributed by atoms with E-state index in [-0.39, 0.29) is 17.9 Å². The van der Waals surface area contributed by atoms with Gasteiger partial charge in [-0.2, -0.15) is 0 Å². The Morgan fingerprint density at radius 1 is 1.33 bits per heavy atom. The van der Waals surface area contributed by atoms with E-state index in [1.165, 1.54) is 0 Å². The monoisotopic (exact) mass is 204 g/mol. The van der Waals surface area contributed by atoms with Gasteiger partial charge in [0.15, 0.2) is 0 Å². The van der Waals surface area contributed by atoms with Crippen LogP contribution in [0.2, 0.25) is 0 Å². The van der Waals surface area contributed by atoms with Crippen molar-refractivity contribution in [1.29, 1.82) is 0 Å². The van der Waals surface area contributed by atoms with E-state index in [0.717, 1.165) is 13.1 Å². The number of nitrogens with one attached hydrogen (secondary N) is 1. The van der Waals surface area contributed by atoms with Crippen molar-refractivity contribution in [3.63, 3.8) is 0 Å². The molecule has 2 atom stereocenters. The molecule has 3 rings (SSSR count). The van der Waals surface area contributed by atoms with E-state index in [4.69, 9.17) is 4.74 Å². The lowest BCUT2D eigenvalue weighted by Crippen LogP contribution is -2.20. The first kappa shape index (κ1) is 8.73. The third kappa shape index (κ3) is 1.37. The number of ether oxygens (including phenoxy) is 1. The molecule has 1 aromatic rings. The highest BCUT2D eigenvalue weighted by atomic mass is 16.5. The van der Waals surface area contributed by atoms with Crippen molar-refractivity contribution in [3.05, 3.63) is 29.8 Å². The van der Waals surface area contributed by atoms with Crippen molar-refractivity contribution >= 4 is 5.90 Å². The SMILES string of the molecule is Oc1ccccc1C1=NC2CNCC2O1. The molecule has 4 nitrogen and oxygen atoms in total. The van der Waals surface area contributed by atoms with Crippen molar-refractivity contribution in [2.45, 2.75) is 12.1 Å². The Morgan fingerprint density at radius 2 is 2.20 bits per heavy atom. The summed E-state index contributed by atoms with van der Waals surface area (Å²) in [5.74, 6) is 0.800. The average molecular weight is 204 g/mol. The van der Waals surface area contributed by atoms with E-state index < -0.39 is 0 Å². The molecular weight excluding hydrogens is 192 g/mol. The number of benzene rings is 1. The summed E-state index contributed by atoms with van der Waals surface area (Å²) >= 11 is 0. The van der Waals surface area contributed by atoms with Crippen LogP contribution in [0.25, 0.3) is 0 Å². The van der Waals surface area contributed by atoms with Gasteiger partial charge in [0.1, 0.15) is 17.9 Å². The normalized spacial score (nSPS) is 28.4. The zero-order valence-electron chi connectivity index (χ0n) is 8.18. The Morgan fingerprint density at radius 3 is 3.00 bits per heavy atom. The van der Waals surface area contributed by atoms with E-state index in [1.807, 2.05) is 12.1 Å². The molecule has 2 unspecified atom stereocenters. The van der Waals surface area contributed by atoms with Crippen LogP contribution in [0.4, 0.5) is 0 Å². The zero-order valence-corrected chi connectivity index (χ0v) is 8.18. The number of aliphatic imine (C=N–C) groups is 1. The summed E-state index contributed by atoms with van der Waals surface area (Å²) in [7, 11) is 0. The molecule has 4 heteroatoms. The van der Waals surface area contributed by atoms with Crippen LogP contribution < -0.4 is 5.32 Å². The summed E-state index contributed by atoms with van der Waals surface area (Å²) in [6, 6.07) is 7.33. The predicted molar refractivity (Wildman–Crippen MR) is 56.2 cm³/mol. The van der Waals surface area contributed by atoms with Gasteiger partial charge >= 0.3 is 0 Å². The van der Waals surface area contributed by atoms with E-state index in [1.54, 1.807) is 12.1 Å². The second-order valence-electron chi connectivity index (χ2n) is 3.83. The van der Waals surface area contributed by atoms with Gasteiger partial charge in [-0.25, -0.2) is 4.99 Å². The molecule has 2 aliphatic rings. The van der Waals surface area contributed by atoms with Crippen molar-refractivity contribution in [3.8, 4) is 5.75 Å². The van der Waals surface area contributed by atoms with E-state index in [9.17, 15) is 5.11 Å². The van der Waals surface area contributed by atoms with Gasteiger partial charge in [-0.3, -0.25) is 0 Å². The molecule has 0 bridgehead atoms. The molecule has 78 valence electrons. The quantitative estimate of drug-likeness (QED) is 0.700. The molecule has 0 aromatic heterocycles. The second-order valence-corrected chi connectivity index (χ2v) is 3.83. The lowest BCUT2D eigenvalue weighted by atomic mass is 10.2. The first-order valence-corrected chi connectivity index (χ1v) is 5.08. The van der Waals surface area contributed by atoms with Crippen molar-refractivity contribution < 1.29 is 9.84 Å². The van der Waals surface area contributed by atoms with Gasteiger partial charge in [0, 0.05) is 13.1 Å². The molecule has 2 aliphatic heterocycles. The highest BCUT2D eigenvalue weighted by Crippen LogP contribution is 2.25. The van der Waals surface area contributed by atoms with Gasteiger partial charge in [-0.05, 0) is 12.1 Å². The fourth-order valence-electron chi connectivity index (χ4n) is 2.00. The number of phenols is 1. The Hall–Kier alpha value is -1.55. The number of phenolic OH excluding ortho intramolecular Hbond substituents is 1. The van der Waals surface area contributed by atoms with E-state index in [2.05, 4.69) is 10.3 Å². The fourth-order valence-corrected chi connectivity index (χ4v) is 2.00. The third-order valence-electron chi connectivity index (χ3n) is 2.81. The number of aromatic hydroxyl groups is 1. The molecular formula is C11H12N2O2. The summed E-state index contributed by atoms with van der Waals surface area (Å²) in [6.45, 7) is 1.70. The molecule has 0 aliphatic carbocycles. The fraction of sp³-hybridized carbons (Fsp3) is 0.364. The molecule has 1 saturated heterocycles. The maximum absolute atomic E-state index is 9.66. The largest absolute Gasteiger partial charge is 0.507 e. The van der Waals surface area contributed by atoms with Gasteiger partial charge in [0.05, 0.1) is 5.56 Å².